The van der Waals surface area contributed by atoms with Gasteiger partial charge in [-0.3, -0.25) is 34.9 Å². The number of fused-ring (bicyclic) bond motifs is 2. The summed E-state index contributed by atoms with van der Waals surface area (Å²) >= 11 is 0. The van der Waals surface area contributed by atoms with Gasteiger partial charge in [0.25, 0.3) is 0 Å². The van der Waals surface area contributed by atoms with E-state index >= 15 is 0 Å². The number of halogens is 6. The average molecular weight is 1220 g/mol. The van der Waals surface area contributed by atoms with Gasteiger partial charge in [0.15, 0.2) is 20.2 Å². The van der Waals surface area contributed by atoms with Gasteiger partial charge in [0.2, 0.25) is 0 Å². The molecule has 424 valence electrons. The van der Waals surface area contributed by atoms with E-state index in [-0.39, 0.29) is 46.6 Å². The maximum atomic E-state index is 10.7. The van der Waals surface area contributed by atoms with Crippen LogP contribution in [-0.4, -0.2) is 78.8 Å². The van der Waals surface area contributed by atoms with Crippen LogP contribution < -0.4 is 0 Å². The van der Waals surface area contributed by atoms with Crippen molar-refractivity contribution in [3.8, 4) is 0 Å². The van der Waals surface area contributed by atoms with Gasteiger partial charge in [-0.15, -0.1) is 0 Å². The number of pyridine rings is 5. The quantitative estimate of drug-likeness (QED) is 0.0652. The third-order valence-electron chi connectivity index (χ3n) is 10.8. The van der Waals surface area contributed by atoms with Crippen LogP contribution in [0, 0.1) is 0 Å². The van der Waals surface area contributed by atoms with Gasteiger partial charge in [-0.25, -0.2) is 16.8 Å². The Kier molecular flexibility index (Phi) is 27.2. The number of hydrogen-bond donors (Lipinski definition) is 0. The molecule has 0 saturated carbocycles. The van der Waals surface area contributed by atoms with E-state index in [2.05, 4.69) is 13.8 Å². The van der Waals surface area contributed by atoms with Crippen LogP contribution in [0.1, 0.15) is 75.7 Å². The molecular weight excluding hydrogens is 1180 g/mol. The van der Waals surface area contributed by atoms with E-state index in [1.807, 2.05) is 204 Å². The van der Waals surface area contributed by atoms with Crippen molar-refractivity contribution in [3.63, 3.8) is 0 Å². The number of nitrogens with zero attached hydrogens (tertiary/aromatic N) is 9. The Morgan fingerprint density at radius 2 is 0.688 bits per heavy atom. The Balaban J connectivity index is 0.000000616. The molecule has 8 rings (SSSR count). The van der Waals surface area contributed by atoms with Crippen molar-refractivity contribution in [2.24, 2.45) is 9.98 Å². The number of alkyl halides is 6. The van der Waals surface area contributed by atoms with Crippen LogP contribution in [0.5, 0.6) is 0 Å². The van der Waals surface area contributed by atoms with Crippen LogP contribution in [0.2, 0.25) is 0 Å². The topological polar surface area (TPSA) is 292 Å². The van der Waals surface area contributed by atoms with E-state index in [9.17, 15) is 26.3 Å². The zero-order chi connectivity index (χ0) is 56.0. The maximum absolute atomic E-state index is 10.7. The molecule has 6 heterocycles. The first-order valence-electron chi connectivity index (χ1n) is 22.4. The molecule has 0 aliphatic carbocycles. The zero-order valence-corrected chi connectivity index (χ0v) is 47.1. The van der Waals surface area contributed by atoms with Gasteiger partial charge in [0, 0.05) is 54.8 Å². The number of aliphatic imine (C=N–C) groups is 2. The summed E-state index contributed by atoms with van der Waals surface area (Å²) in [5.74, 6) is 0. The molecule has 0 saturated heterocycles. The summed E-state index contributed by atoms with van der Waals surface area (Å²) in [6, 6.07) is 45.7. The fourth-order valence-electron chi connectivity index (χ4n) is 7.21. The molecular formula is C53H49F6FeN9O8S2V-3. The van der Waals surface area contributed by atoms with Crippen molar-refractivity contribution in [1.82, 2.24) is 24.9 Å². The average Bonchev–Trinajstić information content (AvgIpc) is 3.37. The van der Waals surface area contributed by atoms with Crippen molar-refractivity contribution in [3.05, 3.63) is 233 Å². The monoisotopic (exact) mass is 1220 g/mol. The first kappa shape index (κ1) is 71.0. The molecule has 0 amide bonds. The van der Waals surface area contributed by atoms with Crippen LogP contribution in [0.4, 0.5) is 49.1 Å². The van der Waals surface area contributed by atoms with Crippen LogP contribution in [0.3, 0.4) is 0 Å². The van der Waals surface area contributed by atoms with Gasteiger partial charge in [-0.1, -0.05) is 92.7 Å². The summed E-state index contributed by atoms with van der Waals surface area (Å²) in [5.41, 5.74) is -0.435. The fraction of sp³-hybridized carbons (Fsp3) is 0.189. The minimum Gasteiger partial charge on any atom is -2.00 e. The minimum absolute atomic E-state index is 0. The van der Waals surface area contributed by atoms with Crippen molar-refractivity contribution < 1.29 is 98.9 Å². The smallest absolute Gasteiger partial charge is 2.00 e. The first-order chi connectivity index (χ1) is 35.6. The van der Waals surface area contributed by atoms with E-state index in [0.29, 0.717) is 0 Å². The zero-order valence-electron chi connectivity index (χ0n) is 43.0. The largest absolute Gasteiger partial charge is 3.00 e. The number of hydrogen-bond acceptors (Lipinski definition) is 13. The molecule has 1 aliphatic heterocycles. The molecule has 0 fully saturated rings. The van der Waals surface area contributed by atoms with Gasteiger partial charge >= 0.3 is 28.1 Å². The Hall–Kier alpha value is -6.97. The molecule has 7 aromatic rings. The molecule has 5 aromatic heterocycles. The molecule has 27 heteroatoms. The molecule has 0 unspecified atom stereocenters. The first-order valence-corrected chi connectivity index (χ1v) is 25.2. The van der Waals surface area contributed by atoms with Crippen molar-refractivity contribution in [2.75, 3.05) is 0 Å². The number of benzene rings is 2. The number of para-hydroxylation sites is 4. The second-order valence-electron chi connectivity index (χ2n) is 16.6. The standard InChI is InChI=1S/C29H25N5.C22H22N4.2CHF3O3S.Fe.H2O.O.V/c1-28(22-12-3-7-18-30-22,23-13-4-8-19-31-23)26-16-11-17-27(34-26)29(2,24-14-5-9-20-32-24)25-15-6-10-21-33-25;1-15-13-16(2)24-21-11-7-8-12-22(21)26-18(4)14-17(3)25-20-10-6-5-9-19(20)23-15;2*2-1(3,4)8(5,6)7;;;;/h3-21H,1-2H3;5-14H,1-4H3;2*(H,5,6,7);;1H2;;/q;-2;;;+3;;-2;/p-2/b;15-13-,17-14-,24-16?,26-18?;;;;;;. The molecule has 2 aromatic carbocycles. The number of allylic oxidation sites excluding steroid dienone is 4. The van der Waals surface area contributed by atoms with E-state index in [1.54, 1.807) is 0 Å². The molecule has 2 N–H and O–H groups in total. The van der Waals surface area contributed by atoms with Gasteiger partial charge in [0.1, 0.15) is 0 Å². The molecule has 1 aliphatic rings. The van der Waals surface area contributed by atoms with Crippen molar-refractivity contribution >= 4 is 54.4 Å². The molecule has 2 radical (unpaired) electrons. The molecule has 17 nitrogen and oxygen atoms in total. The van der Waals surface area contributed by atoms with Crippen LogP contribution in [-0.2, 0) is 72.2 Å². The summed E-state index contributed by atoms with van der Waals surface area (Å²) in [5, 5.41) is 9.43. The fourth-order valence-corrected chi connectivity index (χ4v) is 7.21. The SMILES string of the molecule is CC(c1ccccn1)(c1ccccn1)c1cccc(C(C)(c2ccccn2)c2ccccn2)n1.CC1=Nc2ccccc2N=C(C)/C=C(/C)[N-]c2ccccc2[N-]/C(C)=C\1.O.O=S(=O)([O-])C(F)(F)F.O=S(=O)([O-])C(F)(F)F.[Fe+3].[O-2].[V]. The van der Waals surface area contributed by atoms with Gasteiger partial charge in [-0.05, 0) is 100 Å². The van der Waals surface area contributed by atoms with E-state index in [0.717, 1.165) is 79.7 Å². The maximum Gasteiger partial charge on any atom is 3.00 e. The molecule has 0 spiro atoms. The molecule has 80 heavy (non-hydrogen) atoms. The summed E-state index contributed by atoms with van der Waals surface area (Å²) in [7, 11) is -12.2. The van der Waals surface area contributed by atoms with Gasteiger partial charge < -0.3 is 30.7 Å². The minimum atomic E-state index is -6.09. The summed E-state index contributed by atoms with van der Waals surface area (Å²) in [6.07, 6.45) is 11.2. The summed E-state index contributed by atoms with van der Waals surface area (Å²) < 4.78 is 118. The number of aromatic nitrogens is 5. The third-order valence-corrected chi connectivity index (χ3v) is 12.0. The van der Waals surface area contributed by atoms with Crippen molar-refractivity contribution in [1.29, 1.82) is 0 Å². The Labute approximate surface area is 481 Å². The summed E-state index contributed by atoms with van der Waals surface area (Å²) in [4.78, 5) is 33.5. The second kappa shape index (κ2) is 30.6. The predicted octanol–water partition coefficient (Wildman–Crippen LogP) is 11.9. The second-order valence-corrected chi connectivity index (χ2v) is 19.3. The Morgan fingerprint density at radius 3 is 0.938 bits per heavy atom. The van der Waals surface area contributed by atoms with Gasteiger partial charge in [0.05, 0.1) is 56.4 Å². The number of rotatable bonds is 6. The molecule has 0 atom stereocenters. The van der Waals surface area contributed by atoms with E-state index < -0.39 is 42.1 Å². The third kappa shape index (κ3) is 19.1. The Morgan fingerprint density at radius 1 is 0.438 bits per heavy atom. The predicted molar refractivity (Wildman–Crippen MR) is 280 cm³/mol. The van der Waals surface area contributed by atoms with Crippen LogP contribution >= 0.6 is 0 Å². The Bertz CT molecular complexity index is 3150. The van der Waals surface area contributed by atoms with E-state index in [4.69, 9.17) is 71.5 Å². The molecule has 0 bridgehead atoms. The van der Waals surface area contributed by atoms with Crippen LogP contribution in [0.25, 0.3) is 10.6 Å². The van der Waals surface area contributed by atoms with Gasteiger partial charge in [-0.2, -0.15) is 49.1 Å². The van der Waals surface area contributed by atoms with Crippen molar-refractivity contribution in [2.45, 2.75) is 63.4 Å². The van der Waals surface area contributed by atoms with E-state index in [1.165, 1.54) is 0 Å². The summed E-state index contributed by atoms with van der Waals surface area (Å²) in [6.45, 7) is 12.1. The van der Waals surface area contributed by atoms with Crippen LogP contribution in [0.15, 0.2) is 198 Å². The normalized spacial score (nSPS) is 14.0.